The Morgan fingerprint density at radius 2 is 1.85 bits per heavy atom. The van der Waals surface area contributed by atoms with Gasteiger partial charge in [-0.05, 0) is 31.2 Å². The second kappa shape index (κ2) is 8.22. The molecule has 0 radical (unpaired) electrons. The average Bonchev–Trinajstić information content (AvgIpc) is 3.12. The molecule has 140 valence electrons. The number of ketones is 1. The normalized spacial score (nSPS) is 11.6. The van der Waals surface area contributed by atoms with Crippen LogP contribution in [0.4, 0.5) is 5.69 Å². The summed E-state index contributed by atoms with van der Waals surface area (Å²) in [6, 6.07) is 11.4. The van der Waals surface area contributed by atoms with Crippen molar-refractivity contribution < 1.29 is 33.3 Å². The van der Waals surface area contributed by atoms with Gasteiger partial charge in [0.2, 0.25) is 6.79 Å². The van der Waals surface area contributed by atoms with E-state index < -0.39 is 18.5 Å². The van der Waals surface area contributed by atoms with E-state index in [0.29, 0.717) is 28.5 Å². The Hall–Kier alpha value is -3.55. The van der Waals surface area contributed by atoms with Gasteiger partial charge in [-0.1, -0.05) is 12.1 Å². The van der Waals surface area contributed by atoms with Gasteiger partial charge in [-0.25, -0.2) is 4.79 Å². The first-order valence-electron chi connectivity index (χ1n) is 8.10. The molecule has 8 nitrogen and oxygen atoms in total. The maximum Gasteiger partial charge on any atom is 0.344 e. The van der Waals surface area contributed by atoms with E-state index in [1.165, 1.54) is 13.0 Å². The summed E-state index contributed by atoms with van der Waals surface area (Å²) in [5, 5.41) is 2.59. The number of Topliss-reactive ketones (excluding diaryl/α,β-unsaturated/α-hetero) is 1. The van der Waals surface area contributed by atoms with E-state index in [4.69, 9.17) is 18.9 Å². The number of benzene rings is 2. The van der Waals surface area contributed by atoms with Gasteiger partial charge in [-0.2, -0.15) is 0 Å². The lowest BCUT2D eigenvalue weighted by atomic mass is 10.1. The number of rotatable bonds is 7. The number of esters is 1. The number of carbonyl (C=O) groups is 3. The van der Waals surface area contributed by atoms with Crippen LogP contribution in [0.25, 0.3) is 0 Å². The van der Waals surface area contributed by atoms with Gasteiger partial charge in [-0.3, -0.25) is 9.59 Å². The third-order valence-corrected chi connectivity index (χ3v) is 3.62. The smallest absolute Gasteiger partial charge is 0.344 e. The van der Waals surface area contributed by atoms with Crippen molar-refractivity contribution in [2.24, 2.45) is 0 Å². The maximum atomic E-state index is 11.9. The summed E-state index contributed by atoms with van der Waals surface area (Å²) >= 11 is 0. The molecule has 0 saturated heterocycles. The van der Waals surface area contributed by atoms with Crippen LogP contribution in [0.1, 0.15) is 17.3 Å². The maximum absolute atomic E-state index is 11.9. The summed E-state index contributed by atoms with van der Waals surface area (Å²) in [4.78, 5) is 34.9. The van der Waals surface area contributed by atoms with Gasteiger partial charge in [0, 0.05) is 17.3 Å². The molecule has 0 aromatic heterocycles. The molecular weight excluding hydrogens is 354 g/mol. The summed E-state index contributed by atoms with van der Waals surface area (Å²) in [5.41, 5.74) is 0.974. The zero-order valence-corrected chi connectivity index (χ0v) is 14.5. The fourth-order valence-corrected chi connectivity index (χ4v) is 2.31. The molecule has 2 aromatic rings. The lowest BCUT2D eigenvalue weighted by molar-refractivity contribution is -0.149. The average molecular weight is 371 g/mol. The van der Waals surface area contributed by atoms with E-state index in [1.54, 1.807) is 36.4 Å². The summed E-state index contributed by atoms with van der Waals surface area (Å²) in [5.74, 6) is 0.189. The van der Waals surface area contributed by atoms with Gasteiger partial charge in [-0.15, -0.1) is 0 Å². The van der Waals surface area contributed by atoms with Gasteiger partial charge >= 0.3 is 5.97 Å². The standard InChI is InChI=1S/C19H17NO7/c1-12(21)13-3-2-4-15(7-13)24-10-19(23)25-9-18(22)20-14-5-6-16-17(8-14)27-11-26-16/h2-8H,9-11H2,1H3,(H,20,22). The first-order valence-corrected chi connectivity index (χ1v) is 8.10. The molecule has 0 saturated carbocycles. The largest absolute Gasteiger partial charge is 0.482 e. The summed E-state index contributed by atoms with van der Waals surface area (Å²) in [6.45, 7) is 0.745. The van der Waals surface area contributed by atoms with Crippen molar-refractivity contribution in [3.63, 3.8) is 0 Å². The predicted octanol–water partition coefficient (Wildman–Crippen LogP) is 2.18. The van der Waals surface area contributed by atoms with Gasteiger partial charge in [0.1, 0.15) is 5.75 Å². The molecule has 1 heterocycles. The van der Waals surface area contributed by atoms with Crippen molar-refractivity contribution in [2.75, 3.05) is 25.3 Å². The minimum atomic E-state index is -0.705. The van der Waals surface area contributed by atoms with Gasteiger partial charge in [0.25, 0.3) is 5.91 Å². The lowest BCUT2D eigenvalue weighted by Gasteiger charge is -2.09. The Balaban J connectivity index is 1.43. The first kappa shape index (κ1) is 18.2. The first-order chi connectivity index (χ1) is 13.0. The molecule has 1 aliphatic rings. The third-order valence-electron chi connectivity index (χ3n) is 3.62. The second-order valence-corrected chi connectivity index (χ2v) is 5.65. The number of nitrogens with one attached hydrogen (secondary N) is 1. The highest BCUT2D eigenvalue weighted by atomic mass is 16.7. The van der Waals surface area contributed by atoms with Crippen LogP contribution in [0.5, 0.6) is 17.2 Å². The van der Waals surface area contributed by atoms with Gasteiger partial charge in [0.15, 0.2) is 30.5 Å². The van der Waals surface area contributed by atoms with Crippen LogP contribution in [0.15, 0.2) is 42.5 Å². The highest BCUT2D eigenvalue weighted by Gasteiger charge is 2.15. The van der Waals surface area contributed by atoms with Gasteiger partial charge in [0.05, 0.1) is 0 Å². The second-order valence-electron chi connectivity index (χ2n) is 5.65. The minimum absolute atomic E-state index is 0.108. The number of hydrogen-bond acceptors (Lipinski definition) is 7. The molecule has 0 bridgehead atoms. The topological polar surface area (TPSA) is 100 Å². The number of amides is 1. The fourth-order valence-electron chi connectivity index (χ4n) is 2.31. The molecule has 27 heavy (non-hydrogen) atoms. The van der Waals surface area contributed by atoms with Crippen LogP contribution >= 0.6 is 0 Å². The van der Waals surface area contributed by atoms with Crippen molar-refractivity contribution in [3.05, 3.63) is 48.0 Å². The molecule has 0 fully saturated rings. The van der Waals surface area contributed by atoms with Crippen molar-refractivity contribution in [3.8, 4) is 17.2 Å². The zero-order valence-electron chi connectivity index (χ0n) is 14.5. The molecule has 1 amide bonds. The molecule has 0 atom stereocenters. The van der Waals surface area contributed by atoms with Crippen molar-refractivity contribution in [1.29, 1.82) is 0 Å². The van der Waals surface area contributed by atoms with Crippen LogP contribution < -0.4 is 19.5 Å². The Morgan fingerprint density at radius 3 is 2.67 bits per heavy atom. The van der Waals surface area contributed by atoms with Gasteiger partial charge < -0.3 is 24.3 Å². The number of carbonyl (C=O) groups excluding carboxylic acids is 3. The molecule has 0 aliphatic carbocycles. The van der Waals surface area contributed by atoms with Crippen LogP contribution in [-0.2, 0) is 14.3 Å². The van der Waals surface area contributed by atoms with E-state index in [-0.39, 0.29) is 19.2 Å². The minimum Gasteiger partial charge on any atom is -0.482 e. The fraction of sp³-hybridized carbons (Fsp3) is 0.211. The lowest BCUT2D eigenvalue weighted by Crippen LogP contribution is -2.23. The zero-order chi connectivity index (χ0) is 19.2. The highest BCUT2D eigenvalue weighted by Crippen LogP contribution is 2.34. The summed E-state index contributed by atoms with van der Waals surface area (Å²) in [6.07, 6.45) is 0. The molecule has 2 aromatic carbocycles. The van der Waals surface area contributed by atoms with Crippen LogP contribution in [0.3, 0.4) is 0 Å². The van der Waals surface area contributed by atoms with Crippen molar-refractivity contribution in [1.82, 2.24) is 0 Å². The van der Waals surface area contributed by atoms with E-state index in [9.17, 15) is 14.4 Å². The molecular formula is C19H17NO7. The molecule has 0 spiro atoms. The molecule has 3 rings (SSSR count). The van der Waals surface area contributed by atoms with Crippen LogP contribution in [-0.4, -0.2) is 37.7 Å². The molecule has 0 unspecified atom stereocenters. The summed E-state index contributed by atoms with van der Waals surface area (Å²) in [7, 11) is 0. The predicted molar refractivity (Wildman–Crippen MR) is 94.1 cm³/mol. The number of anilines is 1. The van der Waals surface area contributed by atoms with Crippen molar-refractivity contribution >= 4 is 23.3 Å². The number of ether oxygens (including phenoxy) is 4. The monoisotopic (exact) mass is 371 g/mol. The van der Waals surface area contributed by atoms with E-state index in [2.05, 4.69) is 5.32 Å². The number of fused-ring (bicyclic) bond motifs is 1. The third kappa shape index (κ3) is 4.97. The van der Waals surface area contributed by atoms with Crippen LogP contribution in [0, 0.1) is 0 Å². The Labute approximate surface area is 155 Å². The molecule has 8 heteroatoms. The molecule has 1 N–H and O–H groups in total. The van der Waals surface area contributed by atoms with E-state index in [1.807, 2.05) is 0 Å². The van der Waals surface area contributed by atoms with E-state index in [0.717, 1.165) is 0 Å². The number of hydrogen-bond donors (Lipinski definition) is 1. The Morgan fingerprint density at radius 1 is 1.04 bits per heavy atom. The quantitative estimate of drug-likeness (QED) is 0.588. The summed E-state index contributed by atoms with van der Waals surface area (Å²) < 4.78 is 20.5. The van der Waals surface area contributed by atoms with E-state index >= 15 is 0 Å². The van der Waals surface area contributed by atoms with Crippen LogP contribution in [0.2, 0.25) is 0 Å². The van der Waals surface area contributed by atoms with Crippen molar-refractivity contribution in [2.45, 2.75) is 6.92 Å². The Kier molecular flexibility index (Phi) is 5.55. The Bertz CT molecular complexity index is 878. The highest BCUT2D eigenvalue weighted by molar-refractivity contribution is 5.94. The SMILES string of the molecule is CC(=O)c1cccc(OCC(=O)OCC(=O)Nc2ccc3c(c2)OCO3)c1. The molecule has 1 aliphatic heterocycles.